The number of thiophene rings is 1. The lowest BCUT2D eigenvalue weighted by Crippen LogP contribution is -2.22. The van der Waals surface area contributed by atoms with Crippen molar-refractivity contribution in [3.05, 3.63) is 44.8 Å². The van der Waals surface area contributed by atoms with Crippen LogP contribution in [0.15, 0.2) is 18.2 Å². The molecule has 0 aliphatic heterocycles. The molecule has 0 bridgehead atoms. The van der Waals surface area contributed by atoms with Crippen LogP contribution in [0.1, 0.15) is 36.0 Å². The SMILES string of the molecule is COCCOC(=O)c1c(NC(=O)COC(=O)c2cc(Cl)ccc2N)sc(C(N)=O)c1C. The van der Waals surface area contributed by atoms with E-state index in [9.17, 15) is 19.2 Å². The van der Waals surface area contributed by atoms with Gasteiger partial charge in [-0.2, -0.15) is 0 Å². The van der Waals surface area contributed by atoms with Crippen molar-refractivity contribution >= 4 is 57.4 Å². The van der Waals surface area contributed by atoms with E-state index in [1.54, 1.807) is 0 Å². The summed E-state index contributed by atoms with van der Waals surface area (Å²) in [5, 5.41) is 2.75. The van der Waals surface area contributed by atoms with Crippen LogP contribution in [0.4, 0.5) is 10.7 Å². The third-order valence-corrected chi connectivity index (χ3v) is 5.37. The maximum absolute atomic E-state index is 12.4. The Balaban J connectivity index is 2.13. The van der Waals surface area contributed by atoms with E-state index in [-0.39, 0.29) is 50.5 Å². The average Bonchev–Trinajstić information content (AvgIpc) is 3.04. The number of ether oxygens (including phenoxy) is 3. The first-order valence-electron chi connectivity index (χ1n) is 8.77. The molecule has 1 heterocycles. The van der Waals surface area contributed by atoms with Crippen LogP contribution in [0.3, 0.4) is 0 Å². The molecule has 1 aromatic carbocycles. The predicted molar refractivity (Wildman–Crippen MR) is 115 cm³/mol. The molecule has 2 amide bonds. The van der Waals surface area contributed by atoms with Crippen LogP contribution in [0.25, 0.3) is 0 Å². The molecule has 2 rings (SSSR count). The van der Waals surface area contributed by atoms with E-state index in [4.69, 9.17) is 37.3 Å². The Morgan fingerprint density at radius 1 is 1.13 bits per heavy atom. The molecule has 0 radical (unpaired) electrons. The summed E-state index contributed by atoms with van der Waals surface area (Å²) < 4.78 is 14.8. The van der Waals surface area contributed by atoms with E-state index in [0.717, 1.165) is 11.3 Å². The molecule has 0 fully saturated rings. The van der Waals surface area contributed by atoms with Crippen molar-refractivity contribution in [1.82, 2.24) is 0 Å². The molecule has 0 saturated heterocycles. The minimum atomic E-state index is -0.852. The summed E-state index contributed by atoms with van der Waals surface area (Å²) in [7, 11) is 1.44. The molecule has 1 aromatic heterocycles. The van der Waals surface area contributed by atoms with E-state index in [0.29, 0.717) is 0 Å². The number of nitrogen functional groups attached to an aromatic ring is 1. The highest BCUT2D eigenvalue weighted by Crippen LogP contribution is 2.33. The van der Waals surface area contributed by atoms with Gasteiger partial charge < -0.3 is 31.0 Å². The lowest BCUT2D eigenvalue weighted by atomic mass is 10.1. The highest BCUT2D eigenvalue weighted by molar-refractivity contribution is 7.18. The Morgan fingerprint density at radius 2 is 1.84 bits per heavy atom. The van der Waals surface area contributed by atoms with E-state index in [1.807, 2.05) is 0 Å². The van der Waals surface area contributed by atoms with Gasteiger partial charge in [0.25, 0.3) is 11.8 Å². The van der Waals surface area contributed by atoms with E-state index >= 15 is 0 Å². The largest absolute Gasteiger partial charge is 0.460 e. The summed E-state index contributed by atoms with van der Waals surface area (Å²) in [6.07, 6.45) is 0. The van der Waals surface area contributed by atoms with Gasteiger partial charge >= 0.3 is 11.9 Å². The van der Waals surface area contributed by atoms with Gasteiger partial charge in [0.1, 0.15) is 11.6 Å². The lowest BCUT2D eigenvalue weighted by molar-refractivity contribution is -0.119. The number of methoxy groups -OCH3 is 1. The van der Waals surface area contributed by atoms with Crippen LogP contribution in [0.2, 0.25) is 5.02 Å². The Hall–Kier alpha value is -3.15. The average molecular weight is 470 g/mol. The number of nitrogens with one attached hydrogen (secondary N) is 1. The summed E-state index contributed by atoms with van der Waals surface area (Å²) in [6, 6.07) is 4.25. The summed E-state index contributed by atoms with van der Waals surface area (Å²) in [4.78, 5) is 48.6. The molecule has 12 heteroatoms. The maximum Gasteiger partial charge on any atom is 0.341 e. The fraction of sp³-hybridized carbons (Fsp3) is 0.263. The van der Waals surface area contributed by atoms with Crippen LogP contribution in [0.5, 0.6) is 0 Å². The Bertz CT molecular complexity index is 1020. The first kappa shape index (κ1) is 24.1. The molecule has 0 unspecified atom stereocenters. The van der Waals surface area contributed by atoms with Crippen molar-refractivity contribution in [1.29, 1.82) is 0 Å². The van der Waals surface area contributed by atoms with Crippen LogP contribution in [0, 0.1) is 6.92 Å². The molecule has 0 spiro atoms. The van der Waals surface area contributed by atoms with Crippen LogP contribution >= 0.6 is 22.9 Å². The summed E-state index contributed by atoms with van der Waals surface area (Å²) in [6.45, 7) is 0.970. The third-order valence-electron chi connectivity index (χ3n) is 3.92. The van der Waals surface area contributed by atoms with Crippen molar-refractivity contribution in [2.24, 2.45) is 5.73 Å². The number of amides is 2. The molecule has 0 atom stereocenters. The smallest absolute Gasteiger partial charge is 0.341 e. The number of esters is 2. The predicted octanol–water partition coefficient (Wildman–Crippen LogP) is 1.99. The zero-order valence-electron chi connectivity index (χ0n) is 16.7. The molecule has 0 aliphatic carbocycles. The van der Waals surface area contributed by atoms with Gasteiger partial charge in [-0.05, 0) is 30.7 Å². The lowest BCUT2D eigenvalue weighted by Gasteiger charge is -2.09. The molecule has 10 nitrogen and oxygen atoms in total. The number of hydrogen-bond donors (Lipinski definition) is 3. The number of carbonyl (C=O) groups excluding carboxylic acids is 4. The molecular formula is C19H20ClN3O7S. The van der Waals surface area contributed by atoms with Gasteiger partial charge in [0.05, 0.1) is 22.6 Å². The number of primary amides is 1. The monoisotopic (exact) mass is 469 g/mol. The molecule has 166 valence electrons. The van der Waals surface area contributed by atoms with Gasteiger partial charge in [-0.25, -0.2) is 9.59 Å². The molecule has 5 N–H and O–H groups in total. The first-order chi connectivity index (χ1) is 14.6. The molecule has 0 saturated carbocycles. The van der Waals surface area contributed by atoms with Gasteiger partial charge in [0.15, 0.2) is 6.61 Å². The second-order valence-corrected chi connectivity index (χ2v) is 7.57. The fourth-order valence-electron chi connectivity index (χ4n) is 2.45. The van der Waals surface area contributed by atoms with Crippen LogP contribution in [-0.2, 0) is 19.0 Å². The summed E-state index contributed by atoms with van der Waals surface area (Å²) >= 11 is 6.64. The van der Waals surface area contributed by atoms with Gasteiger partial charge in [-0.1, -0.05) is 11.6 Å². The quantitative estimate of drug-likeness (QED) is 0.285. The number of halogens is 1. The zero-order valence-corrected chi connectivity index (χ0v) is 18.2. The number of nitrogens with two attached hydrogens (primary N) is 2. The van der Waals surface area contributed by atoms with Crippen LogP contribution in [-0.4, -0.2) is 50.7 Å². The highest BCUT2D eigenvalue weighted by atomic mass is 35.5. The summed E-state index contributed by atoms with van der Waals surface area (Å²) in [5.74, 6) is -3.14. The van der Waals surface area contributed by atoms with E-state index in [2.05, 4.69) is 5.32 Å². The van der Waals surface area contributed by atoms with Crippen molar-refractivity contribution < 1.29 is 33.4 Å². The minimum Gasteiger partial charge on any atom is -0.460 e. The van der Waals surface area contributed by atoms with Crippen molar-refractivity contribution in [2.75, 3.05) is 38.0 Å². The number of rotatable bonds is 9. The number of anilines is 2. The molecule has 2 aromatic rings. The number of benzene rings is 1. The first-order valence-corrected chi connectivity index (χ1v) is 9.96. The Morgan fingerprint density at radius 3 is 2.48 bits per heavy atom. The van der Waals surface area contributed by atoms with Gasteiger partial charge in [-0.3, -0.25) is 9.59 Å². The van der Waals surface area contributed by atoms with Gasteiger partial charge in [0, 0.05) is 17.8 Å². The molecular weight excluding hydrogens is 450 g/mol. The normalized spacial score (nSPS) is 10.4. The van der Waals surface area contributed by atoms with E-state index in [1.165, 1.54) is 32.2 Å². The number of carbonyl (C=O) groups is 4. The summed E-state index contributed by atoms with van der Waals surface area (Å²) in [5.41, 5.74) is 11.4. The fourth-order valence-corrected chi connectivity index (χ4v) is 3.68. The maximum atomic E-state index is 12.4. The second kappa shape index (κ2) is 10.8. The van der Waals surface area contributed by atoms with Crippen molar-refractivity contribution in [3.63, 3.8) is 0 Å². The van der Waals surface area contributed by atoms with E-state index < -0.39 is 30.4 Å². The highest BCUT2D eigenvalue weighted by Gasteiger charge is 2.26. The van der Waals surface area contributed by atoms with Crippen LogP contribution < -0.4 is 16.8 Å². The minimum absolute atomic E-state index is 0.00527. The standard InChI is InChI=1S/C19H20ClN3O7S/c1-9-14(19(27)29-6-5-28-2)17(31-15(9)16(22)25)23-13(24)8-30-18(26)11-7-10(20)3-4-12(11)21/h3-4,7H,5-6,8,21H2,1-2H3,(H2,22,25)(H,23,24). The third kappa shape index (κ3) is 6.17. The topological polar surface area (TPSA) is 160 Å². The molecule has 0 aliphatic rings. The van der Waals surface area contributed by atoms with Gasteiger partial charge in [0.2, 0.25) is 0 Å². The van der Waals surface area contributed by atoms with Crippen molar-refractivity contribution in [3.8, 4) is 0 Å². The van der Waals surface area contributed by atoms with Gasteiger partial charge in [-0.15, -0.1) is 11.3 Å². The second-order valence-electron chi connectivity index (χ2n) is 6.11. The Kier molecular flexibility index (Phi) is 8.37. The Labute approximate surface area is 186 Å². The van der Waals surface area contributed by atoms with Crippen molar-refractivity contribution in [2.45, 2.75) is 6.92 Å². The zero-order chi connectivity index (χ0) is 23.1. The molecule has 31 heavy (non-hydrogen) atoms. The number of hydrogen-bond acceptors (Lipinski definition) is 9.